The van der Waals surface area contributed by atoms with Gasteiger partial charge in [-0.3, -0.25) is 0 Å². The molecule has 0 saturated carbocycles. The van der Waals surface area contributed by atoms with Crippen molar-refractivity contribution < 1.29 is 4.39 Å². The molecule has 0 aromatic heterocycles. The van der Waals surface area contributed by atoms with Crippen LogP contribution in [0.2, 0.25) is 0 Å². The number of nitriles is 1. The van der Waals surface area contributed by atoms with Gasteiger partial charge in [0.15, 0.2) is 0 Å². The van der Waals surface area contributed by atoms with Crippen LogP contribution in [0, 0.1) is 24.1 Å². The van der Waals surface area contributed by atoms with Crippen molar-refractivity contribution in [3.63, 3.8) is 0 Å². The lowest BCUT2D eigenvalue weighted by Crippen LogP contribution is -2.08. The Balaban J connectivity index is 2.25. The predicted molar refractivity (Wildman–Crippen MR) is 77.3 cm³/mol. The van der Waals surface area contributed by atoms with E-state index in [-0.39, 0.29) is 5.82 Å². The Morgan fingerprint density at radius 1 is 1.26 bits per heavy atom. The van der Waals surface area contributed by atoms with E-state index in [1.807, 2.05) is 31.2 Å². The van der Waals surface area contributed by atoms with Gasteiger partial charge in [0, 0.05) is 5.69 Å². The highest BCUT2D eigenvalue weighted by Gasteiger charge is 2.12. The number of nitrogens with one attached hydrogen (secondary N) is 1. The maximum absolute atomic E-state index is 13.5. The van der Waals surface area contributed by atoms with Gasteiger partial charge >= 0.3 is 0 Å². The predicted octanol–water partition coefficient (Wildman–Crippen LogP) is 4.57. The molecule has 0 aliphatic heterocycles. The summed E-state index contributed by atoms with van der Waals surface area (Å²) in [4.78, 5) is 0. The minimum Gasteiger partial charge on any atom is -0.366 e. The van der Waals surface area contributed by atoms with Crippen LogP contribution in [0.4, 0.5) is 10.1 Å². The summed E-state index contributed by atoms with van der Waals surface area (Å²) in [5, 5.41) is 12.3. The lowest BCUT2D eigenvalue weighted by Gasteiger charge is -2.14. The molecule has 0 spiro atoms. The molecule has 2 rings (SSSR count). The molecular formula is C15H12BrFN2. The Morgan fingerprint density at radius 3 is 2.68 bits per heavy atom. The van der Waals surface area contributed by atoms with Crippen molar-refractivity contribution in [2.24, 2.45) is 0 Å². The fraction of sp³-hybridized carbons (Fsp3) is 0.133. The first-order valence-corrected chi connectivity index (χ1v) is 6.57. The lowest BCUT2D eigenvalue weighted by atomic mass is 10.1. The van der Waals surface area contributed by atoms with Crippen LogP contribution in [0.1, 0.15) is 17.2 Å². The molecule has 0 amide bonds. The van der Waals surface area contributed by atoms with E-state index in [4.69, 9.17) is 0 Å². The highest BCUT2D eigenvalue weighted by atomic mass is 79.9. The van der Waals surface area contributed by atoms with E-state index in [0.29, 0.717) is 10.0 Å². The molecule has 1 unspecified atom stereocenters. The van der Waals surface area contributed by atoms with Gasteiger partial charge in [0.2, 0.25) is 0 Å². The van der Waals surface area contributed by atoms with Crippen LogP contribution in [0.3, 0.4) is 0 Å². The van der Waals surface area contributed by atoms with Gasteiger partial charge in [-0.1, -0.05) is 18.2 Å². The molecule has 0 saturated heterocycles. The molecular weight excluding hydrogens is 307 g/mol. The quantitative estimate of drug-likeness (QED) is 0.899. The lowest BCUT2D eigenvalue weighted by molar-refractivity contribution is 0.618. The Labute approximate surface area is 120 Å². The van der Waals surface area contributed by atoms with Crippen molar-refractivity contribution >= 4 is 21.6 Å². The molecule has 0 radical (unpaired) electrons. The second-order valence-electron chi connectivity index (χ2n) is 4.25. The first kappa shape index (κ1) is 13.6. The first-order valence-electron chi connectivity index (χ1n) is 5.78. The highest BCUT2D eigenvalue weighted by molar-refractivity contribution is 9.10. The highest BCUT2D eigenvalue weighted by Crippen LogP contribution is 2.23. The molecule has 0 bridgehead atoms. The SMILES string of the molecule is Cc1cccc(NC(C#N)c2ccc(Br)c(F)c2)c1. The molecule has 0 aliphatic carbocycles. The Hall–Kier alpha value is -1.86. The van der Waals surface area contributed by atoms with Crippen LogP contribution < -0.4 is 5.32 Å². The third-order valence-corrected chi connectivity index (χ3v) is 3.38. The van der Waals surface area contributed by atoms with E-state index in [1.165, 1.54) is 6.07 Å². The summed E-state index contributed by atoms with van der Waals surface area (Å²) in [7, 11) is 0. The molecule has 1 atom stereocenters. The number of aryl methyl sites for hydroxylation is 1. The molecule has 96 valence electrons. The van der Waals surface area contributed by atoms with Crippen molar-refractivity contribution in [2.45, 2.75) is 13.0 Å². The molecule has 0 heterocycles. The molecule has 2 aromatic rings. The number of benzene rings is 2. The van der Waals surface area contributed by atoms with Crippen LogP contribution in [0.15, 0.2) is 46.9 Å². The van der Waals surface area contributed by atoms with Crippen LogP contribution in [0.5, 0.6) is 0 Å². The number of nitrogens with zero attached hydrogens (tertiary/aromatic N) is 1. The fourth-order valence-electron chi connectivity index (χ4n) is 1.78. The van der Waals surface area contributed by atoms with E-state index in [1.54, 1.807) is 12.1 Å². The van der Waals surface area contributed by atoms with Gasteiger partial charge < -0.3 is 5.32 Å². The summed E-state index contributed by atoms with van der Waals surface area (Å²) >= 11 is 3.10. The maximum Gasteiger partial charge on any atom is 0.140 e. The van der Waals surface area contributed by atoms with E-state index in [2.05, 4.69) is 27.3 Å². The Kier molecular flexibility index (Phi) is 4.18. The topological polar surface area (TPSA) is 35.8 Å². The van der Waals surface area contributed by atoms with Gasteiger partial charge in [0.05, 0.1) is 10.5 Å². The van der Waals surface area contributed by atoms with Crippen LogP contribution in [0.25, 0.3) is 0 Å². The number of halogens is 2. The number of anilines is 1. The summed E-state index contributed by atoms with van der Waals surface area (Å²) < 4.78 is 13.9. The second kappa shape index (κ2) is 5.85. The monoisotopic (exact) mass is 318 g/mol. The van der Waals surface area contributed by atoms with Crippen molar-refractivity contribution in [1.82, 2.24) is 0 Å². The van der Waals surface area contributed by atoms with E-state index in [9.17, 15) is 9.65 Å². The van der Waals surface area contributed by atoms with Crippen molar-refractivity contribution in [1.29, 1.82) is 5.26 Å². The molecule has 2 nitrogen and oxygen atoms in total. The fourth-order valence-corrected chi connectivity index (χ4v) is 2.03. The average molecular weight is 319 g/mol. The van der Waals surface area contributed by atoms with Gasteiger partial charge in [0.1, 0.15) is 11.9 Å². The minimum atomic E-state index is -0.579. The second-order valence-corrected chi connectivity index (χ2v) is 5.10. The number of rotatable bonds is 3. The summed E-state index contributed by atoms with van der Waals surface area (Å²) in [5.74, 6) is -0.371. The average Bonchev–Trinajstić information content (AvgIpc) is 2.39. The standard InChI is InChI=1S/C15H12BrFN2/c1-10-3-2-4-12(7-10)19-15(9-18)11-5-6-13(16)14(17)8-11/h2-8,15,19H,1H3. The van der Waals surface area contributed by atoms with Gasteiger partial charge in [0.25, 0.3) is 0 Å². The van der Waals surface area contributed by atoms with Crippen molar-refractivity contribution in [3.05, 3.63) is 63.9 Å². The van der Waals surface area contributed by atoms with E-state index >= 15 is 0 Å². The number of hydrogen-bond donors (Lipinski definition) is 1. The minimum absolute atomic E-state index is 0.371. The molecule has 1 N–H and O–H groups in total. The molecule has 2 aromatic carbocycles. The van der Waals surface area contributed by atoms with Crippen molar-refractivity contribution in [3.8, 4) is 6.07 Å². The molecule has 19 heavy (non-hydrogen) atoms. The van der Waals surface area contributed by atoms with Crippen LogP contribution >= 0.6 is 15.9 Å². The third-order valence-electron chi connectivity index (χ3n) is 2.74. The Morgan fingerprint density at radius 2 is 2.05 bits per heavy atom. The molecule has 0 fully saturated rings. The summed E-state index contributed by atoms with van der Waals surface area (Å²) in [6.45, 7) is 1.98. The van der Waals surface area contributed by atoms with Crippen molar-refractivity contribution in [2.75, 3.05) is 5.32 Å². The normalized spacial score (nSPS) is 11.7. The molecule has 4 heteroatoms. The van der Waals surface area contributed by atoms with Gasteiger partial charge in [-0.15, -0.1) is 0 Å². The first-order chi connectivity index (χ1) is 9.10. The van der Waals surface area contributed by atoms with Gasteiger partial charge in [-0.2, -0.15) is 5.26 Å². The summed E-state index contributed by atoms with van der Waals surface area (Å²) in [6, 6.07) is 14.0. The summed E-state index contributed by atoms with van der Waals surface area (Å²) in [5.41, 5.74) is 2.54. The zero-order chi connectivity index (χ0) is 13.8. The van der Waals surface area contributed by atoms with E-state index < -0.39 is 6.04 Å². The molecule has 0 aliphatic rings. The van der Waals surface area contributed by atoms with Gasteiger partial charge in [-0.05, 0) is 58.2 Å². The maximum atomic E-state index is 13.5. The van der Waals surface area contributed by atoms with Crippen LogP contribution in [-0.4, -0.2) is 0 Å². The summed E-state index contributed by atoms with van der Waals surface area (Å²) in [6.07, 6.45) is 0. The zero-order valence-electron chi connectivity index (χ0n) is 10.3. The Bertz CT molecular complexity index is 634. The zero-order valence-corrected chi connectivity index (χ0v) is 11.9. The number of hydrogen-bond acceptors (Lipinski definition) is 2. The third kappa shape index (κ3) is 3.33. The van der Waals surface area contributed by atoms with E-state index in [0.717, 1.165) is 11.3 Å². The van der Waals surface area contributed by atoms with Gasteiger partial charge in [-0.25, -0.2) is 4.39 Å². The largest absolute Gasteiger partial charge is 0.366 e. The smallest absolute Gasteiger partial charge is 0.140 e. The van der Waals surface area contributed by atoms with Crippen LogP contribution in [-0.2, 0) is 0 Å².